The van der Waals surface area contributed by atoms with Gasteiger partial charge in [-0.15, -0.1) is 0 Å². The molecule has 45 heavy (non-hydrogen) atoms. The number of nitrogens with zero attached hydrogens (tertiary/aromatic N) is 5. The molecule has 9 nitrogen and oxygen atoms in total. The molecule has 12 heteroatoms. The van der Waals surface area contributed by atoms with E-state index in [-0.39, 0.29) is 12.5 Å². The maximum absolute atomic E-state index is 12.5. The number of benzene rings is 2. The number of halogens is 2. The third-order valence-corrected chi connectivity index (χ3v) is 10.8. The van der Waals surface area contributed by atoms with Crippen LogP contribution in [0.5, 0.6) is 0 Å². The molecule has 1 aromatic heterocycles. The van der Waals surface area contributed by atoms with Gasteiger partial charge in [0.2, 0.25) is 15.9 Å². The molecular weight excluding hydrogens is 633 g/mol. The third kappa shape index (κ3) is 7.40. The average molecular weight is 671 g/mol. The highest BCUT2D eigenvalue weighted by molar-refractivity contribution is 7.88. The number of hydrogen-bond acceptors (Lipinski definition) is 6. The largest absolute Gasteiger partial charge is 0.390 e. The minimum absolute atomic E-state index is 0.205. The van der Waals surface area contributed by atoms with Gasteiger partial charge in [-0.1, -0.05) is 41.1 Å². The van der Waals surface area contributed by atoms with Gasteiger partial charge >= 0.3 is 0 Å². The van der Waals surface area contributed by atoms with Crippen LogP contribution in [0.25, 0.3) is 11.3 Å². The first-order valence-corrected chi connectivity index (χ1v) is 18.0. The fraction of sp³-hybridized carbons (Fsp3) is 0.455. The molecule has 0 spiro atoms. The van der Waals surface area contributed by atoms with Crippen molar-refractivity contribution in [3.8, 4) is 23.1 Å². The Morgan fingerprint density at radius 2 is 1.76 bits per heavy atom. The lowest BCUT2D eigenvalue weighted by atomic mass is 10.0. The summed E-state index contributed by atoms with van der Waals surface area (Å²) in [7, 11) is -3.41. The molecule has 0 bridgehead atoms. The molecule has 238 valence electrons. The van der Waals surface area contributed by atoms with Crippen molar-refractivity contribution in [3.63, 3.8) is 0 Å². The van der Waals surface area contributed by atoms with E-state index in [4.69, 9.17) is 28.3 Å². The number of piperidine rings is 1. The summed E-state index contributed by atoms with van der Waals surface area (Å²) in [4.78, 5) is 16.5. The zero-order valence-corrected chi connectivity index (χ0v) is 27.6. The first kappa shape index (κ1) is 32.0. The Hall–Kier alpha value is -2.91. The van der Waals surface area contributed by atoms with Crippen LogP contribution >= 0.6 is 23.2 Å². The predicted molar refractivity (Wildman–Crippen MR) is 175 cm³/mol. The van der Waals surface area contributed by atoms with Crippen LogP contribution in [0.1, 0.15) is 48.1 Å². The van der Waals surface area contributed by atoms with Gasteiger partial charge in [-0.05, 0) is 55.7 Å². The van der Waals surface area contributed by atoms with Crippen molar-refractivity contribution in [1.82, 2.24) is 23.9 Å². The van der Waals surface area contributed by atoms with Crippen molar-refractivity contribution in [2.45, 2.75) is 57.3 Å². The van der Waals surface area contributed by atoms with Gasteiger partial charge < -0.3 is 14.9 Å². The van der Waals surface area contributed by atoms with Crippen LogP contribution in [-0.4, -0.2) is 94.4 Å². The minimum Gasteiger partial charge on any atom is -0.390 e. The van der Waals surface area contributed by atoms with E-state index in [1.54, 1.807) is 18.2 Å². The summed E-state index contributed by atoms with van der Waals surface area (Å²) in [6, 6.07) is 13.1. The van der Waals surface area contributed by atoms with Gasteiger partial charge in [-0.25, -0.2) is 8.42 Å². The van der Waals surface area contributed by atoms with Gasteiger partial charge in [0.1, 0.15) is 0 Å². The summed E-state index contributed by atoms with van der Waals surface area (Å²) in [5.41, 5.74) is 4.62. The Morgan fingerprint density at radius 3 is 2.44 bits per heavy atom. The number of aliphatic hydroxyl groups excluding tert-OH is 1. The van der Waals surface area contributed by atoms with Gasteiger partial charge in [0.25, 0.3) is 0 Å². The normalized spacial score (nSPS) is 18.9. The molecule has 0 aliphatic carbocycles. The quantitative estimate of drug-likeness (QED) is 0.382. The summed E-state index contributed by atoms with van der Waals surface area (Å²) < 4.78 is 28.3. The number of carbonyl (C=O) groups is 1. The van der Waals surface area contributed by atoms with Crippen molar-refractivity contribution in [1.29, 1.82) is 0 Å². The van der Waals surface area contributed by atoms with E-state index in [1.807, 2.05) is 33.8 Å². The molecule has 0 saturated carbocycles. The SMILES string of the molecule is CS(=O)(=O)N1CCc2c(c(-c3ccc(Cl)c(C#Cc4ccc(Cl)cc4)c3)nn2CC(O)CN2CCC(N3CCCC3=O)CC2)C1. The molecule has 4 heterocycles. The molecule has 0 radical (unpaired) electrons. The van der Waals surface area contributed by atoms with Crippen molar-refractivity contribution >= 4 is 39.1 Å². The van der Waals surface area contributed by atoms with Gasteiger partial charge in [0, 0.05) is 91.1 Å². The minimum atomic E-state index is -3.41. The summed E-state index contributed by atoms with van der Waals surface area (Å²) in [6.45, 7) is 3.89. The maximum atomic E-state index is 12.5. The highest BCUT2D eigenvalue weighted by Gasteiger charge is 2.33. The summed E-state index contributed by atoms with van der Waals surface area (Å²) in [5, 5.41) is 17.3. The highest BCUT2D eigenvalue weighted by atomic mass is 35.5. The Morgan fingerprint density at radius 1 is 1.00 bits per heavy atom. The summed E-state index contributed by atoms with van der Waals surface area (Å²) in [6.07, 6.45) is 4.50. The van der Waals surface area contributed by atoms with Crippen LogP contribution in [0.4, 0.5) is 0 Å². The van der Waals surface area contributed by atoms with Gasteiger partial charge in [0.05, 0.1) is 29.6 Å². The monoisotopic (exact) mass is 669 g/mol. The fourth-order valence-corrected chi connectivity index (χ4v) is 7.67. The molecular formula is C33H37Cl2N5O4S. The van der Waals surface area contributed by atoms with Crippen LogP contribution < -0.4 is 0 Å². The number of hydrogen-bond donors (Lipinski definition) is 1. The summed E-state index contributed by atoms with van der Waals surface area (Å²) >= 11 is 12.5. The Balaban J connectivity index is 1.22. The highest BCUT2D eigenvalue weighted by Crippen LogP contribution is 2.33. The van der Waals surface area contributed by atoms with E-state index in [2.05, 4.69) is 16.7 Å². The predicted octanol–water partition coefficient (Wildman–Crippen LogP) is 4.02. The molecule has 1 N–H and O–H groups in total. The number of aromatic nitrogens is 2. The smallest absolute Gasteiger partial charge is 0.222 e. The van der Waals surface area contributed by atoms with E-state index in [9.17, 15) is 18.3 Å². The van der Waals surface area contributed by atoms with Gasteiger partial charge in [-0.3, -0.25) is 9.48 Å². The molecule has 2 fully saturated rings. The standard InChI is InChI=1S/C33H37Cl2N5O4S/c1-45(43,44)38-18-14-31-29(22-38)33(25-8-11-30(35)24(19-25)7-4-23-5-9-26(34)10-6-23)36-40(31)21-28(41)20-37-16-12-27(13-17-37)39-15-2-3-32(39)42/h5-6,8-11,19,27-28,41H,2-3,12-18,20-22H2,1H3. The molecule has 3 aromatic rings. The van der Waals surface area contributed by atoms with E-state index in [1.165, 1.54) is 10.6 Å². The Labute approximate surface area is 274 Å². The number of amides is 1. The molecule has 2 aromatic carbocycles. The fourth-order valence-electron chi connectivity index (χ4n) is 6.60. The molecule has 1 atom stereocenters. The van der Waals surface area contributed by atoms with E-state index in [0.717, 1.165) is 61.3 Å². The lowest BCUT2D eigenvalue weighted by molar-refractivity contribution is -0.130. The maximum Gasteiger partial charge on any atom is 0.222 e. The zero-order valence-electron chi connectivity index (χ0n) is 25.3. The lowest BCUT2D eigenvalue weighted by Gasteiger charge is -2.37. The topological polar surface area (TPSA) is 99.0 Å². The van der Waals surface area contributed by atoms with Crippen molar-refractivity contribution in [3.05, 3.63) is 74.9 Å². The van der Waals surface area contributed by atoms with Gasteiger partial charge in [-0.2, -0.15) is 9.40 Å². The molecule has 2 saturated heterocycles. The third-order valence-electron chi connectivity index (χ3n) is 8.95. The molecule has 3 aliphatic heterocycles. The van der Waals surface area contributed by atoms with Crippen molar-refractivity contribution in [2.24, 2.45) is 0 Å². The number of β-amino-alcohol motifs (C(OH)–C–C–N with tert-alkyl or cyclic N) is 1. The molecule has 6 rings (SSSR count). The van der Waals surface area contributed by atoms with E-state index >= 15 is 0 Å². The van der Waals surface area contributed by atoms with Crippen LogP contribution in [0, 0.1) is 11.8 Å². The van der Waals surface area contributed by atoms with Crippen LogP contribution in [0.2, 0.25) is 10.0 Å². The van der Waals surface area contributed by atoms with Crippen molar-refractivity contribution < 1.29 is 18.3 Å². The Kier molecular flexibility index (Phi) is 9.57. The van der Waals surface area contributed by atoms with E-state index in [0.29, 0.717) is 59.8 Å². The molecule has 1 unspecified atom stereocenters. The number of carbonyl (C=O) groups excluding carboxylic acids is 1. The lowest BCUT2D eigenvalue weighted by Crippen LogP contribution is -2.47. The number of aliphatic hydroxyl groups is 1. The second-order valence-corrected chi connectivity index (χ2v) is 15.0. The average Bonchev–Trinajstić information content (AvgIpc) is 3.60. The number of rotatable bonds is 7. The van der Waals surface area contributed by atoms with Crippen molar-refractivity contribution in [2.75, 3.05) is 39.0 Å². The molecule has 3 aliphatic rings. The second-order valence-electron chi connectivity index (χ2n) is 12.1. The van der Waals surface area contributed by atoms with Gasteiger partial charge in [0.15, 0.2) is 0 Å². The van der Waals surface area contributed by atoms with Crippen LogP contribution in [-0.2, 0) is 34.3 Å². The summed E-state index contributed by atoms with van der Waals surface area (Å²) in [5.74, 6) is 6.54. The molecule has 1 amide bonds. The number of likely N-dealkylation sites (tertiary alicyclic amines) is 2. The first-order chi connectivity index (χ1) is 21.5. The second kappa shape index (κ2) is 13.4. The van der Waals surface area contributed by atoms with Crippen LogP contribution in [0.15, 0.2) is 42.5 Å². The van der Waals surface area contributed by atoms with E-state index < -0.39 is 16.1 Å². The zero-order chi connectivity index (χ0) is 31.7. The number of fused-ring (bicyclic) bond motifs is 1. The first-order valence-electron chi connectivity index (χ1n) is 15.4. The Bertz CT molecular complexity index is 1740. The number of sulfonamides is 1. The van der Waals surface area contributed by atoms with Crippen LogP contribution in [0.3, 0.4) is 0 Å².